The average molecular weight is 463 g/mol. The van der Waals surface area contributed by atoms with Gasteiger partial charge in [-0.05, 0) is 11.1 Å². The van der Waals surface area contributed by atoms with Crippen molar-refractivity contribution in [2.24, 2.45) is 0 Å². The van der Waals surface area contributed by atoms with Gasteiger partial charge in [-0.2, -0.15) is 0 Å². The quantitative estimate of drug-likeness (QED) is 0.219. The topological polar surface area (TPSA) is 59.9 Å². The first-order valence-corrected chi connectivity index (χ1v) is 12.3. The molecule has 0 saturated carbocycles. The molecule has 1 heterocycles. The molecule has 4 nitrogen and oxygen atoms in total. The molecule has 0 spiro atoms. The van der Waals surface area contributed by atoms with Crippen LogP contribution in [0.3, 0.4) is 0 Å². The lowest BCUT2D eigenvalue weighted by Gasteiger charge is -2.03. The fraction of sp³-hybridized carbons (Fsp3) is 0.0833. The first-order chi connectivity index (χ1) is 15.2. The van der Waals surface area contributed by atoms with Crippen LogP contribution in [0.2, 0.25) is 0 Å². The van der Waals surface area contributed by atoms with Crippen molar-refractivity contribution in [1.82, 2.24) is 10.2 Å². The second kappa shape index (κ2) is 10.5. The monoisotopic (exact) mass is 462 g/mol. The molecule has 0 saturated heterocycles. The van der Waals surface area contributed by atoms with Gasteiger partial charge in [0.1, 0.15) is 0 Å². The fourth-order valence-corrected chi connectivity index (χ4v) is 5.65. The number of carbonyl (C=O) groups is 2. The van der Waals surface area contributed by atoms with E-state index in [0.717, 1.165) is 19.8 Å². The van der Waals surface area contributed by atoms with Gasteiger partial charge in [0.25, 0.3) is 0 Å². The number of hydrogen-bond donors (Lipinski definition) is 0. The maximum absolute atomic E-state index is 12.5. The lowest BCUT2D eigenvalue weighted by atomic mass is 10.0. The van der Waals surface area contributed by atoms with Crippen LogP contribution in [0.5, 0.6) is 0 Å². The first-order valence-electron chi connectivity index (χ1n) is 9.55. The number of carbonyl (C=O) groups excluding carboxylic acids is 2. The Kier molecular flexibility index (Phi) is 7.30. The molecule has 0 amide bonds. The molecule has 0 N–H and O–H groups in total. The van der Waals surface area contributed by atoms with E-state index in [2.05, 4.69) is 10.2 Å². The maximum atomic E-state index is 12.5. The third-order valence-electron chi connectivity index (χ3n) is 4.45. The summed E-state index contributed by atoms with van der Waals surface area (Å²) >= 11 is 4.15. The Labute approximate surface area is 193 Å². The lowest BCUT2D eigenvalue weighted by Crippen LogP contribution is -2.01. The van der Waals surface area contributed by atoms with E-state index in [-0.39, 0.29) is 11.6 Å². The van der Waals surface area contributed by atoms with Crippen LogP contribution in [0.4, 0.5) is 0 Å². The number of rotatable bonds is 9. The first kappa shape index (κ1) is 21.5. The molecule has 1 aromatic heterocycles. The highest BCUT2D eigenvalue weighted by Crippen LogP contribution is 2.30. The van der Waals surface area contributed by atoms with Crippen LogP contribution in [-0.4, -0.2) is 33.3 Å². The van der Waals surface area contributed by atoms with E-state index in [0.29, 0.717) is 22.6 Å². The van der Waals surface area contributed by atoms with Crippen LogP contribution in [0.15, 0.2) is 93.6 Å². The van der Waals surface area contributed by atoms with Gasteiger partial charge in [0.05, 0.1) is 11.5 Å². The number of benzene rings is 3. The van der Waals surface area contributed by atoms with Crippen molar-refractivity contribution < 1.29 is 9.59 Å². The highest BCUT2D eigenvalue weighted by Gasteiger charge is 2.12. The van der Waals surface area contributed by atoms with Crippen LogP contribution in [0.25, 0.3) is 11.1 Å². The van der Waals surface area contributed by atoms with E-state index in [1.807, 2.05) is 84.9 Å². The number of nitrogens with zero attached hydrogens (tertiary/aromatic N) is 2. The van der Waals surface area contributed by atoms with Crippen molar-refractivity contribution in [3.8, 4) is 11.1 Å². The molecule has 0 aliphatic rings. The highest BCUT2D eigenvalue weighted by atomic mass is 32.2. The number of Topliss-reactive ketones (excluding diaryl/α,β-unsaturated/α-hetero) is 2. The number of ketones is 2. The molecule has 0 unspecified atom stereocenters. The van der Waals surface area contributed by atoms with E-state index in [1.165, 1.54) is 34.9 Å². The van der Waals surface area contributed by atoms with Gasteiger partial charge in [-0.25, -0.2) is 0 Å². The molecule has 7 heteroatoms. The molecule has 4 rings (SSSR count). The standard InChI is InChI=1S/C24H18N2O2S3/c27-21(19-9-5-2-6-10-19)15-29-23-25-26-24(31-23)30-16-22(28)20-13-11-18(12-14-20)17-7-3-1-4-8-17/h1-14H,15-16H2. The van der Waals surface area contributed by atoms with Gasteiger partial charge in [0, 0.05) is 11.1 Å². The molecule has 0 bridgehead atoms. The van der Waals surface area contributed by atoms with E-state index < -0.39 is 0 Å². The van der Waals surface area contributed by atoms with Crippen molar-refractivity contribution in [3.05, 3.63) is 96.1 Å². The van der Waals surface area contributed by atoms with E-state index in [1.54, 1.807) is 0 Å². The molecule has 4 aromatic rings. The lowest BCUT2D eigenvalue weighted by molar-refractivity contribution is 0.101. The molecule has 154 valence electrons. The Bertz CT molecular complexity index is 1160. The van der Waals surface area contributed by atoms with Crippen molar-refractivity contribution in [3.63, 3.8) is 0 Å². The summed E-state index contributed by atoms with van der Waals surface area (Å²) in [4.78, 5) is 24.7. The minimum atomic E-state index is 0.0493. The van der Waals surface area contributed by atoms with Gasteiger partial charge >= 0.3 is 0 Å². The summed E-state index contributed by atoms with van der Waals surface area (Å²) < 4.78 is 1.45. The zero-order valence-electron chi connectivity index (χ0n) is 16.4. The van der Waals surface area contributed by atoms with Crippen LogP contribution < -0.4 is 0 Å². The minimum Gasteiger partial charge on any atom is -0.293 e. The summed E-state index contributed by atoms with van der Waals surface area (Å²) in [6.07, 6.45) is 0. The maximum Gasteiger partial charge on any atom is 0.175 e. The van der Waals surface area contributed by atoms with Gasteiger partial charge in [0.15, 0.2) is 20.2 Å². The predicted octanol–water partition coefficient (Wildman–Crippen LogP) is 6.16. The summed E-state index contributed by atoms with van der Waals surface area (Å²) in [7, 11) is 0. The second-order valence-corrected chi connectivity index (χ2v) is 9.99. The van der Waals surface area contributed by atoms with Gasteiger partial charge in [0.2, 0.25) is 0 Å². The summed E-state index contributed by atoms with van der Waals surface area (Å²) in [5.74, 6) is 0.723. The normalized spacial score (nSPS) is 10.7. The summed E-state index contributed by atoms with van der Waals surface area (Å²) in [6.45, 7) is 0. The van der Waals surface area contributed by atoms with Gasteiger partial charge in [-0.1, -0.05) is 120 Å². The smallest absolute Gasteiger partial charge is 0.175 e. The van der Waals surface area contributed by atoms with Crippen LogP contribution in [0, 0.1) is 0 Å². The van der Waals surface area contributed by atoms with E-state index >= 15 is 0 Å². The van der Waals surface area contributed by atoms with Crippen molar-refractivity contribution >= 4 is 46.4 Å². The Hall–Kier alpha value is -2.74. The fourth-order valence-electron chi connectivity index (χ4n) is 2.84. The second-order valence-electron chi connectivity index (χ2n) is 6.57. The number of hydrogen-bond acceptors (Lipinski definition) is 7. The van der Waals surface area contributed by atoms with Crippen molar-refractivity contribution in [1.29, 1.82) is 0 Å². The minimum absolute atomic E-state index is 0.0493. The van der Waals surface area contributed by atoms with Gasteiger partial charge in [-0.3, -0.25) is 9.59 Å². The Morgan fingerprint density at radius 2 is 1.06 bits per heavy atom. The van der Waals surface area contributed by atoms with Gasteiger partial charge < -0.3 is 0 Å². The molecule has 0 aliphatic carbocycles. The number of aromatic nitrogens is 2. The molecular weight excluding hydrogens is 444 g/mol. The third kappa shape index (κ3) is 5.91. The molecule has 0 fully saturated rings. The molecule has 0 radical (unpaired) electrons. The summed E-state index contributed by atoms with van der Waals surface area (Å²) in [6, 6.07) is 26.9. The van der Waals surface area contributed by atoms with Crippen molar-refractivity contribution in [2.45, 2.75) is 8.68 Å². The Morgan fingerprint density at radius 1 is 0.613 bits per heavy atom. The summed E-state index contributed by atoms with van der Waals surface area (Å²) in [5.41, 5.74) is 3.58. The SMILES string of the molecule is O=C(CSc1nnc(SCC(=O)c2ccc(-c3ccccc3)cc2)s1)c1ccccc1. The van der Waals surface area contributed by atoms with E-state index in [9.17, 15) is 9.59 Å². The molecular formula is C24H18N2O2S3. The molecule has 0 atom stereocenters. The Balaban J connectivity index is 1.28. The van der Waals surface area contributed by atoms with Crippen LogP contribution in [-0.2, 0) is 0 Å². The number of thioether (sulfide) groups is 2. The third-order valence-corrected chi connectivity index (χ3v) is 7.64. The molecule has 0 aliphatic heterocycles. The van der Waals surface area contributed by atoms with E-state index in [4.69, 9.17) is 0 Å². The van der Waals surface area contributed by atoms with Crippen molar-refractivity contribution in [2.75, 3.05) is 11.5 Å². The summed E-state index contributed by atoms with van der Waals surface area (Å²) in [5, 5.41) is 8.26. The molecule has 3 aromatic carbocycles. The molecule has 31 heavy (non-hydrogen) atoms. The Morgan fingerprint density at radius 3 is 1.61 bits per heavy atom. The average Bonchev–Trinajstić information content (AvgIpc) is 3.30. The zero-order valence-corrected chi connectivity index (χ0v) is 18.9. The predicted molar refractivity (Wildman–Crippen MR) is 128 cm³/mol. The largest absolute Gasteiger partial charge is 0.293 e. The van der Waals surface area contributed by atoms with Crippen LogP contribution >= 0.6 is 34.9 Å². The zero-order chi connectivity index (χ0) is 21.5. The van der Waals surface area contributed by atoms with Gasteiger partial charge in [-0.15, -0.1) is 10.2 Å². The van der Waals surface area contributed by atoms with Crippen LogP contribution in [0.1, 0.15) is 20.7 Å². The highest BCUT2D eigenvalue weighted by molar-refractivity contribution is 8.03.